The van der Waals surface area contributed by atoms with Crippen LogP contribution in [0.3, 0.4) is 0 Å². The molecule has 0 amide bonds. The summed E-state index contributed by atoms with van der Waals surface area (Å²) in [7, 11) is -2.20. The molecule has 0 bridgehead atoms. The van der Waals surface area contributed by atoms with Gasteiger partial charge in [-0.25, -0.2) is 17.9 Å². The molecular weight excluding hydrogens is 318 g/mol. The molecule has 1 atom stereocenters. The van der Waals surface area contributed by atoms with Crippen LogP contribution in [0.5, 0.6) is 0 Å². The third-order valence-electron chi connectivity index (χ3n) is 3.54. The van der Waals surface area contributed by atoms with Crippen molar-refractivity contribution in [2.75, 3.05) is 0 Å². The van der Waals surface area contributed by atoms with Crippen LogP contribution in [-0.4, -0.2) is 18.0 Å². The molecule has 8 heteroatoms. The first kappa shape index (κ1) is 15.4. The van der Waals surface area contributed by atoms with E-state index in [2.05, 4.69) is 9.71 Å². The van der Waals surface area contributed by atoms with Crippen molar-refractivity contribution >= 4 is 21.1 Å². The van der Waals surface area contributed by atoms with E-state index in [0.29, 0.717) is 11.2 Å². The number of pyridine rings is 1. The van der Waals surface area contributed by atoms with Gasteiger partial charge in [0, 0.05) is 19.3 Å². The van der Waals surface area contributed by atoms with Crippen molar-refractivity contribution in [3.05, 3.63) is 58.8 Å². The fourth-order valence-electron chi connectivity index (χ4n) is 2.27. The molecule has 0 aliphatic carbocycles. The number of hydrogen-bond acceptors (Lipinski definition) is 5. The monoisotopic (exact) mass is 333 g/mol. The van der Waals surface area contributed by atoms with Gasteiger partial charge in [-0.1, -0.05) is 6.07 Å². The van der Waals surface area contributed by atoms with Gasteiger partial charge >= 0.3 is 5.76 Å². The van der Waals surface area contributed by atoms with Gasteiger partial charge in [-0.2, -0.15) is 0 Å². The molecule has 1 N–H and O–H groups in total. The van der Waals surface area contributed by atoms with E-state index >= 15 is 0 Å². The van der Waals surface area contributed by atoms with Gasteiger partial charge in [0.15, 0.2) is 5.58 Å². The van der Waals surface area contributed by atoms with E-state index in [-0.39, 0.29) is 10.5 Å². The van der Waals surface area contributed by atoms with E-state index in [1.165, 1.54) is 16.7 Å². The fraction of sp³-hybridized carbons (Fsp3) is 0.200. The number of benzene rings is 1. The highest BCUT2D eigenvalue weighted by molar-refractivity contribution is 7.89. The molecule has 3 aromatic rings. The van der Waals surface area contributed by atoms with Gasteiger partial charge in [-0.05, 0) is 31.2 Å². The standard InChI is InChI=1S/C15H15N3O4S/c1-10(12-5-3-4-8-16-12)17-23(20,21)11-6-7-13-14(9-11)22-15(19)18(13)2/h3-10,17H,1-2H3. The summed E-state index contributed by atoms with van der Waals surface area (Å²) >= 11 is 0. The number of oxazole rings is 1. The summed E-state index contributed by atoms with van der Waals surface area (Å²) in [6.45, 7) is 1.71. The van der Waals surface area contributed by atoms with Crippen molar-refractivity contribution in [3.8, 4) is 0 Å². The lowest BCUT2D eigenvalue weighted by Gasteiger charge is -2.13. The minimum absolute atomic E-state index is 0.0298. The van der Waals surface area contributed by atoms with Crippen molar-refractivity contribution in [2.45, 2.75) is 17.9 Å². The average molecular weight is 333 g/mol. The highest BCUT2D eigenvalue weighted by Crippen LogP contribution is 2.20. The summed E-state index contributed by atoms with van der Waals surface area (Å²) < 4.78 is 33.9. The van der Waals surface area contributed by atoms with Gasteiger partial charge in [0.25, 0.3) is 0 Å². The van der Waals surface area contributed by atoms with Crippen molar-refractivity contribution < 1.29 is 12.8 Å². The van der Waals surface area contributed by atoms with Crippen LogP contribution in [0, 0.1) is 0 Å². The largest absolute Gasteiger partial charge is 0.419 e. The number of aryl methyl sites for hydroxylation is 1. The smallest absolute Gasteiger partial charge is 0.408 e. The first-order valence-corrected chi connectivity index (χ1v) is 8.39. The van der Waals surface area contributed by atoms with Crippen molar-refractivity contribution in [3.63, 3.8) is 0 Å². The molecule has 0 aliphatic rings. The molecule has 0 spiro atoms. The van der Waals surface area contributed by atoms with Crippen LogP contribution in [-0.2, 0) is 17.1 Å². The quantitative estimate of drug-likeness (QED) is 0.782. The van der Waals surface area contributed by atoms with Gasteiger partial charge in [-0.3, -0.25) is 9.55 Å². The van der Waals surface area contributed by atoms with Gasteiger partial charge < -0.3 is 4.42 Å². The van der Waals surface area contributed by atoms with Crippen molar-refractivity contribution in [1.29, 1.82) is 0 Å². The van der Waals surface area contributed by atoms with Gasteiger partial charge in [-0.15, -0.1) is 0 Å². The summed E-state index contributed by atoms with van der Waals surface area (Å²) in [5.41, 5.74) is 1.38. The molecule has 3 rings (SSSR count). The molecule has 2 aromatic heterocycles. The number of sulfonamides is 1. The maximum absolute atomic E-state index is 12.5. The Labute approximate surface area is 132 Å². The van der Waals surface area contributed by atoms with Crippen molar-refractivity contribution in [2.24, 2.45) is 7.05 Å². The lowest BCUT2D eigenvalue weighted by atomic mass is 10.2. The van der Waals surface area contributed by atoms with Crippen LogP contribution in [0.1, 0.15) is 18.7 Å². The number of hydrogen-bond donors (Lipinski definition) is 1. The molecule has 2 heterocycles. The highest BCUT2D eigenvalue weighted by Gasteiger charge is 2.20. The molecule has 7 nitrogen and oxygen atoms in total. The molecular formula is C15H15N3O4S. The molecule has 0 saturated carbocycles. The first-order chi connectivity index (χ1) is 10.9. The van der Waals surface area contributed by atoms with Gasteiger partial charge in [0.1, 0.15) is 0 Å². The summed E-state index contributed by atoms with van der Waals surface area (Å²) in [6.07, 6.45) is 1.60. The van der Waals surface area contributed by atoms with Gasteiger partial charge in [0.2, 0.25) is 10.0 Å². The second-order valence-electron chi connectivity index (χ2n) is 5.15. The molecule has 120 valence electrons. The molecule has 0 fully saturated rings. The topological polar surface area (TPSA) is 94.2 Å². The predicted octanol–water partition coefficient (Wildman–Crippen LogP) is 1.57. The minimum Gasteiger partial charge on any atom is -0.408 e. The number of nitrogens with zero attached hydrogens (tertiary/aromatic N) is 2. The van der Waals surface area contributed by atoms with Crippen LogP contribution in [0.15, 0.2) is 56.7 Å². The van der Waals surface area contributed by atoms with E-state index < -0.39 is 21.8 Å². The maximum Gasteiger partial charge on any atom is 0.419 e. The Kier molecular flexibility index (Phi) is 3.78. The Bertz CT molecular complexity index is 1010. The normalized spacial score (nSPS) is 13.3. The molecule has 0 radical (unpaired) electrons. The van der Waals surface area contributed by atoms with Crippen LogP contribution in [0.25, 0.3) is 11.1 Å². The van der Waals surface area contributed by atoms with E-state index in [0.717, 1.165) is 0 Å². The Morgan fingerprint density at radius 1 is 1.26 bits per heavy atom. The first-order valence-electron chi connectivity index (χ1n) is 6.91. The number of rotatable bonds is 4. The predicted molar refractivity (Wildman–Crippen MR) is 84.4 cm³/mol. The zero-order valence-electron chi connectivity index (χ0n) is 12.6. The molecule has 23 heavy (non-hydrogen) atoms. The average Bonchev–Trinajstić information content (AvgIpc) is 2.82. The summed E-state index contributed by atoms with van der Waals surface area (Å²) in [5.74, 6) is -0.538. The third-order valence-corrected chi connectivity index (χ3v) is 5.08. The Balaban J connectivity index is 1.95. The fourth-order valence-corrected chi connectivity index (χ4v) is 3.51. The number of fused-ring (bicyclic) bond motifs is 1. The van der Waals surface area contributed by atoms with Crippen LogP contribution >= 0.6 is 0 Å². The Morgan fingerprint density at radius 3 is 2.74 bits per heavy atom. The zero-order chi connectivity index (χ0) is 16.6. The second-order valence-corrected chi connectivity index (χ2v) is 6.87. The molecule has 0 saturated heterocycles. The minimum atomic E-state index is -3.76. The lowest BCUT2D eigenvalue weighted by Crippen LogP contribution is -2.27. The summed E-state index contributed by atoms with van der Waals surface area (Å²) in [5, 5.41) is 0. The molecule has 1 aromatic carbocycles. The zero-order valence-corrected chi connectivity index (χ0v) is 13.4. The van der Waals surface area contributed by atoms with Crippen molar-refractivity contribution in [1.82, 2.24) is 14.3 Å². The maximum atomic E-state index is 12.5. The molecule has 0 aliphatic heterocycles. The summed E-state index contributed by atoms with van der Waals surface area (Å²) in [6, 6.07) is 9.12. The van der Waals surface area contributed by atoms with E-state index in [1.807, 2.05) is 0 Å². The van der Waals surface area contributed by atoms with E-state index in [1.54, 1.807) is 44.4 Å². The lowest BCUT2D eigenvalue weighted by molar-refractivity contribution is 0.527. The van der Waals surface area contributed by atoms with Crippen LogP contribution < -0.4 is 10.5 Å². The van der Waals surface area contributed by atoms with E-state index in [9.17, 15) is 13.2 Å². The second kappa shape index (κ2) is 5.64. The highest BCUT2D eigenvalue weighted by atomic mass is 32.2. The summed E-state index contributed by atoms with van der Waals surface area (Å²) in [4.78, 5) is 15.6. The molecule has 1 unspecified atom stereocenters. The SMILES string of the molecule is CC(NS(=O)(=O)c1ccc2c(c1)oc(=O)n2C)c1ccccn1. The number of nitrogens with one attached hydrogen (secondary N) is 1. The number of aromatic nitrogens is 2. The van der Waals surface area contributed by atoms with E-state index in [4.69, 9.17) is 4.42 Å². The van der Waals surface area contributed by atoms with Crippen LogP contribution in [0.4, 0.5) is 0 Å². The Hall–Kier alpha value is -2.45. The third kappa shape index (κ3) is 2.90. The van der Waals surface area contributed by atoms with Crippen LogP contribution in [0.2, 0.25) is 0 Å². The van der Waals surface area contributed by atoms with Gasteiger partial charge in [0.05, 0.1) is 22.1 Å². The Morgan fingerprint density at radius 2 is 2.04 bits per heavy atom.